The van der Waals surface area contributed by atoms with Gasteiger partial charge >= 0.3 is 0 Å². The van der Waals surface area contributed by atoms with Crippen molar-refractivity contribution in [3.8, 4) is 0 Å². The molecule has 0 fully saturated rings. The maximum absolute atomic E-state index is 12.9. The SMILES string of the molecule is CC[C@@H](C)NCc1ccc(F)c(C)c1. The standard InChI is InChI=1S/C12H18FN/c1-4-10(3)14-8-11-5-6-12(13)9(2)7-11/h5-7,10,14H,4,8H2,1-3H3/t10-/m1/s1. The molecule has 0 saturated heterocycles. The Kier molecular flexibility index (Phi) is 4.08. The van der Waals surface area contributed by atoms with Crippen molar-refractivity contribution in [3.63, 3.8) is 0 Å². The van der Waals surface area contributed by atoms with E-state index in [2.05, 4.69) is 19.2 Å². The molecule has 0 aliphatic rings. The molecule has 1 rings (SSSR count). The van der Waals surface area contributed by atoms with Crippen LogP contribution in [0.4, 0.5) is 4.39 Å². The molecular weight excluding hydrogens is 177 g/mol. The first-order valence-corrected chi connectivity index (χ1v) is 5.12. The van der Waals surface area contributed by atoms with Crippen molar-refractivity contribution >= 4 is 0 Å². The molecule has 14 heavy (non-hydrogen) atoms. The van der Waals surface area contributed by atoms with Gasteiger partial charge in [0.2, 0.25) is 0 Å². The molecule has 0 saturated carbocycles. The summed E-state index contributed by atoms with van der Waals surface area (Å²) in [6, 6.07) is 5.77. The van der Waals surface area contributed by atoms with Crippen LogP contribution < -0.4 is 5.32 Å². The first-order chi connectivity index (χ1) is 6.63. The first-order valence-electron chi connectivity index (χ1n) is 5.12. The molecule has 1 N–H and O–H groups in total. The van der Waals surface area contributed by atoms with E-state index >= 15 is 0 Å². The van der Waals surface area contributed by atoms with Crippen LogP contribution in [0.5, 0.6) is 0 Å². The highest BCUT2D eigenvalue weighted by atomic mass is 19.1. The normalized spacial score (nSPS) is 12.9. The van der Waals surface area contributed by atoms with E-state index in [9.17, 15) is 4.39 Å². The van der Waals surface area contributed by atoms with Crippen molar-refractivity contribution in [2.75, 3.05) is 0 Å². The monoisotopic (exact) mass is 195 g/mol. The van der Waals surface area contributed by atoms with Crippen LogP contribution in [-0.4, -0.2) is 6.04 Å². The molecule has 2 heteroatoms. The summed E-state index contributed by atoms with van der Waals surface area (Å²) in [5.41, 5.74) is 1.86. The molecule has 78 valence electrons. The van der Waals surface area contributed by atoms with Gasteiger partial charge in [-0.3, -0.25) is 0 Å². The topological polar surface area (TPSA) is 12.0 Å². The molecule has 0 spiro atoms. The highest BCUT2D eigenvalue weighted by Gasteiger charge is 2.00. The molecule has 0 radical (unpaired) electrons. The van der Waals surface area contributed by atoms with E-state index in [1.807, 2.05) is 12.1 Å². The zero-order chi connectivity index (χ0) is 10.6. The zero-order valence-electron chi connectivity index (χ0n) is 9.10. The van der Waals surface area contributed by atoms with Gasteiger partial charge in [-0.2, -0.15) is 0 Å². The van der Waals surface area contributed by atoms with Crippen molar-refractivity contribution in [2.24, 2.45) is 0 Å². The molecule has 0 unspecified atom stereocenters. The summed E-state index contributed by atoms with van der Waals surface area (Å²) in [6.45, 7) is 6.90. The van der Waals surface area contributed by atoms with Crippen molar-refractivity contribution < 1.29 is 4.39 Å². The molecule has 0 amide bonds. The summed E-state index contributed by atoms with van der Waals surface area (Å²) in [6.07, 6.45) is 1.11. The van der Waals surface area contributed by atoms with Gasteiger partial charge in [-0.1, -0.05) is 19.1 Å². The fourth-order valence-corrected chi connectivity index (χ4v) is 1.25. The number of benzene rings is 1. The van der Waals surface area contributed by atoms with Gasteiger partial charge in [-0.05, 0) is 37.5 Å². The summed E-state index contributed by atoms with van der Waals surface area (Å²) >= 11 is 0. The van der Waals surface area contributed by atoms with Gasteiger partial charge in [0, 0.05) is 12.6 Å². The third kappa shape index (κ3) is 3.11. The van der Waals surface area contributed by atoms with E-state index in [1.54, 1.807) is 6.92 Å². The fourth-order valence-electron chi connectivity index (χ4n) is 1.25. The predicted molar refractivity (Wildman–Crippen MR) is 57.7 cm³/mol. The van der Waals surface area contributed by atoms with Gasteiger partial charge in [-0.15, -0.1) is 0 Å². The third-order valence-electron chi connectivity index (χ3n) is 2.49. The van der Waals surface area contributed by atoms with E-state index in [-0.39, 0.29) is 5.82 Å². The summed E-state index contributed by atoms with van der Waals surface area (Å²) in [5, 5.41) is 3.37. The number of hydrogen-bond acceptors (Lipinski definition) is 1. The van der Waals surface area contributed by atoms with Gasteiger partial charge in [0.25, 0.3) is 0 Å². The molecule has 0 bridgehead atoms. The summed E-state index contributed by atoms with van der Waals surface area (Å²) < 4.78 is 12.9. The molecule has 1 aromatic rings. The number of hydrogen-bond donors (Lipinski definition) is 1. The Morgan fingerprint density at radius 2 is 2.14 bits per heavy atom. The lowest BCUT2D eigenvalue weighted by Crippen LogP contribution is -2.24. The Bertz CT molecular complexity index is 296. The Hall–Kier alpha value is -0.890. The van der Waals surface area contributed by atoms with Gasteiger partial charge in [0.05, 0.1) is 0 Å². The maximum Gasteiger partial charge on any atom is 0.126 e. The Morgan fingerprint density at radius 1 is 1.43 bits per heavy atom. The zero-order valence-corrected chi connectivity index (χ0v) is 9.10. The molecular formula is C12H18FN. The second kappa shape index (κ2) is 5.11. The van der Waals surface area contributed by atoms with E-state index in [4.69, 9.17) is 0 Å². The first kappa shape index (κ1) is 11.2. The summed E-state index contributed by atoms with van der Waals surface area (Å²) in [4.78, 5) is 0. The lowest BCUT2D eigenvalue weighted by atomic mass is 10.1. The third-order valence-corrected chi connectivity index (χ3v) is 2.49. The van der Waals surface area contributed by atoms with E-state index < -0.39 is 0 Å². The predicted octanol–water partition coefficient (Wildman–Crippen LogP) is 3.02. The van der Waals surface area contributed by atoms with E-state index in [0.717, 1.165) is 18.5 Å². The van der Waals surface area contributed by atoms with Gasteiger partial charge in [-0.25, -0.2) is 4.39 Å². The van der Waals surface area contributed by atoms with Gasteiger partial charge in [0.1, 0.15) is 5.82 Å². The molecule has 1 nitrogen and oxygen atoms in total. The summed E-state index contributed by atoms with van der Waals surface area (Å²) in [5.74, 6) is -0.128. The highest BCUT2D eigenvalue weighted by molar-refractivity contribution is 5.23. The van der Waals surface area contributed by atoms with Crippen LogP contribution >= 0.6 is 0 Å². The average molecular weight is 195 g/mol. The molecule has 0 aromatic heterocycles. The fraction of sp³-hybridized carbons (Fsp3) is 0.500. The van der Waals surface area contributed by atoms with E-state index in [1.165, 1.54) is 6.07 Å². The lowest BCUT2D eigenvalue weighted by molar-refractivity contribution is 0.533. The van der Waals surface area contributed by atoms with Gasteiger partial charge in [0.15, 0.2) is 0 Å². The van der Waals surface area contributed by atoms with Crippen molar-refractivity contribution in [2.45, 2.75) is 39.8 Å². The molecule has 0 heterocycles. The van der Waals surface area contributed by atoms with Crippen LogP contribution in [0.25, 0.3) is 0 Å². The van der Waals surface area contributed by atoms with Crippen LogP contribution in [0, 0.1) is 12.7 Å². The smallest absolute Gasteiger partial charge is 0.126 e. The average Bonchev–Trinajstić information content (AvgIpc) is 2.19. The second-order valence-electron chi connectivity index (χ2n) is 3.77. The molecule has 0 aliphatic carbocycles. The van der Waals surface area contributed by atoms with Crippen molar-refractivity contribution in [1.82, 2.24) is 5.32 Å². The quantitative estimate of drug-likeness (QED) is 0.778. The number of halogens is 1. The molecule has 0 aliphatic heterocycles. The van der Waals surface area contributed by atoms with Crippen LogP contribution in [0.1, 0.15) is 31.4 Å². The number of nitrogens with one attached hydrogen (secondary N) is 1. The second-order valence-corrected chi connectivity index (χ2v) is 3.77. The van der Waals surface area contributed by atoms with Gasteiger partial charge < -0.3 is 5.32 Å². The molecule has 1 atom stereocenters. The number of aryl methyl sites for hydroxylation is 1. The number of rotatable bonds is 4. The van der Waals surface area contributed by atoms with E-state index in [0.29, 0.717) is 11.6 Å². The lowest BCUT2D eigenvalue weighted by Gasteiger charge is -2.11. The van der Waals surface area contributed by atoms with Crippen molar-refractivity contribution in [1.29, 1.82) is 0 Å². The Labute approximate surface area is 85.3 Å². The maximum atomic E-state index is 12.9. The van der Waals surface area contributed by atoms with Crippen molar-refractivity contribution in [3.05, 3.63) is 35.1 Å². The Morgan fingerprint density at radius 3 is 2.71 bits per heavy atom. The van der Waals surface area contributed by atoms with Crippen LogP contribution in [-0.2, 0) is 6.54 Å². The van der Waals surface area contributed by atoms with Crippen LogP contribution in [0.2, 0.25) is 0 Å². The molecule has 1 aromatic carbocycles. The minimum Gasteiger partial charge on any atom is -0.310 e. The minimum absolute atomic E-state index is 0.128. The van der Waals surface area contributed by atoms with Crippen LogP contribution in [0.3, 0.4) is 0 Å². The minimum atomic E-state index is -0.128. The summed E-state index contributed by atoms with van der Waals surface area (Å²) in [7, 11) is 0. The largest absolute Gasteiger partial charge is 0.310 e. The highest BCUT2D eigenvalue weighted by Crippen LogP contribution is 2.09. The van der Waals surface area contributed by atoms with Crippen LogP contribution in [0.15, 0.2) is 18.2 Å². The Balaban J connectivity index is 2.55.